The summed E-state index contributed by atoms with van der Waals surface area (Å²) in [5.74, 6) is 0. The Balaban J connectivity index is 2.09. The smallest absolute Gasteiger partial charge is 0.0979 e. The zero-order valence-electron chi connectivity index (χ0n) is 16.3. The van der Waals surface area contributed by atoms with Gasteiger partial charge in [0.2, 0.25) is 0 Å². The van der Waals surface area contributed by atoms with Crippen LogP contribution in [0.15, 0.2) is 49.2 Å². The number of imidazole rings is 2. The molecule has 2 aromatic heterocycles. The lowest BCUT2D eigenvalue weighted by atomic mass is 10.1. The molecule has 0 bridgehead atoms. The lowest BCUT2D eigenvalue weighted by Crippen LogP contribution is -2.32. The predicted molar refractivity (Wildman–Crippen MR) is 107 cm³/mol. The summed E-state index contributed by atoms with van der Waals surface area (Å²) in [5.41, 5.74) is 4.44. The highest BCUT2D eigenvalue weighted by molar-refractivity contribution is 5.76. The topological polar surface area (TPSA) is 38.9 Å². The molecule has 1 atom stereocenters. The average molecular weight is 351 g/mol. The molecule has 0 aliphatic carbocycles. The second-order valence-corrected chi connectivity index (χ2v) is 6.93. The second-order valence-electron chi connectivity index (χ2n) is 6.93. The van der Waals surface area contributed by atoms with Crippen LogP contribution in [0.25, 0.3) is 22.6 Å². The van der Waals surface area contributed by atoms with Crippen LogP contribution in [-0.2, 0) is 13.1 Å². The molecule has 138 valence electrons. The van der Waals surface area contributed by atoms with Crippen molar-refractivity contribution < 1.29 is 0 Å². The van der Waals surface area contributed by atoms with Crippen LogP contribution in [0.2, 0.25) is 0 Å². The van der Waals surface area contributed by atoms with E-state index in [1.165, 1.54) is 12.8 Å². The predicted octanol–water partition coefficient (Wildman–Crippen LogP) is 4.16. The van der Waals surface area contributed by atoms with Gasteiger partial charge in [0.1, 0.15) is 0 Å². The fourth-order valence-electron chi connectivity index (χ4n) is 3.44. The van der Waals surface area contributed by atoms with E-state index in [1.807, 2.05) is 24.9 Å². The Kier molecular flexibility index (Phi) is 5.89. The summed E-state index contributed by atoms with van der Waals surface area (Å²) in [5, 5.41) is 0. The fraction of sp³-hybridized carbons (Fsp3) is 0.429. The van der Waals surface area contributed by atoms with Gasteiger partial charge in [-0.05, 0) is 27.4 Å². The zero-order valence-corrected chi connectivity index (χ0v) is 16.3. The Hall–Kier alpha value is -2.40. The monoisotopic (exact) mass is 351 g/mol. The van der Waals surface area contributed by atoms with E-state index in [1.54, 1.807) is 0 Å². The zero-order chi connectivity index (χ0) is 18.5. The van der Waals surface area contributed by atoms with Crippen molar-refractivity contribution in [2.24, 2.45) is 0 Å². The molecule has 0 unspecified atom stereocenters. The Morgan fingerprint density at radius 2 is 1.81 bits per heavy atom. The number of benzene rings is 1. The molecular weight excluding hydrogens is 322 g/mol. The molecule has 3 aromatic rings. The molecule has 2 heterocycles. The van der Waals surface area contributed by atoms with E-state index in [0.29, 0.717) is 6.04 Å². The number of aromatic nitrogens is 4. The molecule has 0 amide bonds. The molecule has 0 spiro atoms. The maximum absolute atomic E-state index is 4.79. The van der Waals surface area contributed by atoms with Crippen molar-refractivity contribution in [3.8, 4) is 22.6 Å². The largest absolute Gasteiger partial charge is 0.330 e. The molecule has 0 fully saturated rings. The lowest BCUT2D eigenvalue weighted by Gasteiger charge is -2.25. The lowest BCUT2D eigenvalue weighted by molar-refractivity contribution is 0.249. The van der Waals surface area contributed by atoms with E-state index < -0.39 is 0 Å². The van der Waals surface area contributed by atoms with Crippen LogP contribution in [0.4, 0.5) is 0 Å². The van der Waals surface area contributed by atoms with Crippen LogP contribution in [-0.4, -0.2) is 44.1 Å². The van der Waals surface area contributed by atoms with E-state index in [0.717, 1.165) is 35.7 Å². The molecule has 26 heavy (non-hydrogen) atoms. The number of nitrogens with zero attached hydrogens (tertiary/aromatic N) is 5. The first kappa shape index (κ1) is 18.4. The molecule has 0 aliphatic heterocycles. The van der Waals surface area contributed by atoms with E-state index in [2.05, 4.69) is 71.2 Å². The maximum atomic E-state index is 4.79. The van der Waals surface area contributed by atoms with Gasteiger partial charge >= 0.3 is 0 Å². The number of likely N-dealkylation sites (N-methyl/N-ethyl adjacent to an activating group) is 1. The molecular formula is C21H29N5. The van der Waals surface area contributed by atoms with Crippen LogP contribution in [0.3, 0.4) is 0 Å². The molecule has 5 heteroatoms. The van der Waals surface area contributed by atoms with Crippen molar-refractivity contribution in [1.29, 1.82) is 0 Å². The van der Waals surface area contributed by atoms with Gasteiger partial charge in [-0.3, -0.25) is 0 Å². The summed E-state index contributed by atoms with van der Waals surface area (Å²) in [6.07, 6.45) is 8.17. The highest BCUT2D eigenvalue weighted by atomic mass is 15.2. The first-order valence-corrected chi connectivity index (χ1v) is 9.43. The minimum Gasteiger partial charge on any atom is -0.330 e. The summed E-state index contributed by atoms with van der Waals surface area (Å²) >= 11 is 0. The Labute approximate surface area is 156 Å². The Bertz CT molecular complexity index is 816. The normalized spacial score (nSPS) is 12.7. The first-order chi connectivity index (χ1) is 12.7. The molecule has 3 rings (SSSR count). The molecule has 0 saturated heterocycles. The van der Waals surface area contributed by atoms with Gasteiger partial charge in [-0.1, -0.05) is 43.7 Å². The van der Waals surface area contributed by atoms with Gasteiger partial charge in [0.05, 0.1) is 35.9 Å². The minimum absolute atomic E-state index is 0.481. The highest BCUT2D eigenvalue weighted by Crippen LogP contribution is 2.31. The number of rotatable bonds is 8. The van der Waals surface area contributed by atoms with Crippen LogP contribution >= 0.6 is 0 Å². The van der Waals surface area contributed by atoms with Crippen molar-refractivity contribution in [2.45, 2.75) is 45.8 Å². The van der Waals surface area contributed by atoms with Crippen LogP contribution < -0.4 is 0 Å². The SMILES string of the molecule is CCC[C@H](Cn1cnc(-c2ccccc2)c1-c1cncn1CC)N(C)C. The standard InChI is InChI=1S/C21H29N5/c1-5-10-18(24(3)4)14-26-16-23-20(17-11-8-7-9-12-17)21(26)19-13-22-15-25(19)6-2/h7-9,11-13,15-16,18H,5-6,10,14H2,1-4H3/t18-/m1/s1. The molecule has 0 saturated carbocycles. The van der Waals surface area contributed by atoms with Crippen LogP contribution in [0.5, 0.6) is 0 Å². The van der Waals surface area contributed by atoms with E-state index in [-0.39, 0.29) is 0 Å². The average Bonchev–Trinajstić information content (AvgIpc) is 3.27. The van der Waals surface area contributed by atoms with Gasteiger partial charge in [0.15, 0.2) is 0 Å². The maximum Gasteiger partial charge on any atom is 0.0979 e. The quantitative estimate of drug-likeness (QED) is 0.611. The van der Waals surface area contributed by atoms with Crippen molar-refractivity contribution in [3.05, 3.63) is 49.2 Å². The Morgan fingerprint density at radius 1 is 1.04 bits per heavy atom. The minimum atomic E-state index is 0.481. The van der Waals surface area contributed by atoms with Crippen LogP contribution in [0, 0.1) is 0 Å². The number of aryl methyl sites for hydroxylation is 1. The van der Waals surface area contributed by atoms with Gasteiger partial charge in [-0.15, -0.1) is 0 Å². The van der Waals surface area contributed by atoms with E-state index in [4.69, 9.17) is 4.98 Å². The van der Waals surface area contributed by atoms with Gasteiger partial charge in [-0.2, -0.15) is 0 Å². The second kappa shape index (κ2) is 8.32. The summed E-state index contributed by atoms with van der Waals surface area (Å²) in [6, 6.07) is 10.9. The molecule has 0 aliphatic rings. The summed E-state index contributed by atoms with van der Waals surface area (Å²) in [7, 11) is 4.32. The summed E-state index contributed by atoms with van der Waals surface area (Å²) < 4.78 is 4.48. The third-order valence-electron chi connectivity index (χ3n) is 4.94. The van der Waals surface area contributed by atoms with Crippen molar-refractivity contribution in [3.63, 3.8) is 0 Å². The molecule has 0 N–H and O–H groups in total. The summed E-state index contributed by atoms with van der Waals surface area (Å²) in [6.45, 7) is 6.20. The number of hydrogen-bond acceptors (Lipinski definition) is 3. The van der Waals surface area contributed by atoms with Crippen molar-refractivity contribution in [1.82, 2.24) is 24.0 Å². The Morgan fingerprint density at radius 3 is 2.46 bits per heavy atom. The molecule has 0 radical (unpaired) electrons. The highest BCUT2D eigenvalue weighted by Gasteiger charge is 2.20. The van der Waals surface area contributed by atoms with Gasteiger partial charge in [0.25, 0.3) is 0 Å². The first-order valence-electron chi connectivity index (χ1n) is 9.43. The van der Waals surface area contributed by atoms with Gasteiger partial charge in [-0.25, -0.2) is 9.97 Å². The van der Waals surface area contributed by atoms with Gasteiger partial charge < -0.3 is 14.0 Å². The van der Waals surface area contributed by atoms with E-state index >= 15 is 0 Å². The fourth-order valence-corrected chi connectivity index (χ4v) is 3.44. The molecule has 1 aromatic carbocycles. The number of hydrogen-bond donors (Lipinski definition) is 0. The third-order valence-corrected chi connectivity index (χ3v) is 4.94. The van der Waals surface area contributed by atoms with E-state index in [9.17, 15) is 0 Å². The molecule has 5 nitrogen and oxygen atoms in total. The van der Waals surface area contributed by atoms with Gasteiger partial charge in [0, 0.05) is 24.7 Å². The third kappa shape index (κ3) is 3.73. The summed E-state index contributed by atoms with van der Waals surface area (Å²) in [4.78, 5) is 11.5. The van der Waals surface area contributed by atoms with Crippen molar-refractivity contribution in [2.75, 3.05) is 14.1 Å². The van der Waals surface area contributed by atoms with Crippen LogP contribution in [0.1, 0.15) is 26.7 Å². The van der Waals surface area contributed by atoms with Crippen molar-refractivity contribution >= 4 is 0 Å².